The molecule has 3 unspecified atom stereocenters. The molecule has 0 radical (unpaired) electrons. The molecule has 1 aliphatic heterocycles. The molecule has 0 aromatic heterocycles. The average Bonchev–Trinajstić information content (AvgIpc) is 2.94. The lowest BCUT2D eigenvalue weighted by molar-refractivity contribution is -0.207. The summed E-state index contributed by atoms with van der Waals surface area (Å²) in [5.74, 6) is 0.971. The van der Waals surface area contributed by atoms with Crippen LogP contribution >= 0.6 is 0 Å². The minimum absolute atomic E-state index is 0.0150. The number of rotatable bonds is 5. The number of ether oxygens (including phenoxy) is 1. The Morgan fingerprint density at radius 1 is 1.40 bits per heavy atom. The molecule has 0 aromatic rings. The van der Waals surface area contributed by atoms with Gasteiger partial charge in [0.25, 0.3) is 0 Å². The van der Waals surface area contributed by atoms with Gasteiger partial charge in [-0.15, -0.1) is 0 Å². The first-order valence-electron chi connectivity index (χ1n) is 7.83. The lowest BCUT2D eigenvalue weighted by atomic mass is 9.55. The molecular formula is C16H30N2O2. The first-order chi connectivity index (χ1) is 9.32. The summed E-state index contributed by atoms with van der Waals surface area (Å²) in [7, 11) is 3.73. The van der Waals surface area contributed by atoms with Crippen molar-refractivity contribution in [3.8, 4) is 0 Å². The van der Waals surface area contributed by atoms with Gasteiger partial charge in [0.05, 0.1) is 5.60 Å². The molecule has 20 heavy (non-hydrogen) atoms. The quantitative estimate of drug-likeness (QED) is 0.839. The maximum atomic E-state index is 12.4. The van der Waals surface area contributed by atoms with Gasteiger partial charge >= 0.3 is 0 Å². The van der Waals surface area contributed by atoms with E-state index in [2.05, 4.69) is 26.1 Å². The third-order valence-corrected chi connectivity index (χ3v) is 6.02. The van der Waals surface area contributed by atoms with Crippen LogP contribution in [0.3, 0.4) is 0 Å². The Hall–Kier alpha value is -0.610. The second-order valence-corrected chi connectivity index (χ2v) is 7.28. The Balaban J connectivity index is 1.85. The predicted molar refractivity (Wildman–Crippen MR) is 80.6 cm³/mol. The number of carbonyl (C=O) groups excluding carboxylic acids is 1. The summed E-state index contributed by atoms with van der Waals surface area (Å²) in [5, 5.41) is 3.36. The van der Waals surface area contributed by atoms with E-state index in [9.17, 15) is 4.79 Å². The van der Waals surface area contributed by atoms with Crippen LogP contribution in [0.1, 0.15) is 46.5 Å². The molecule has 0 spiro atoms. The highest BCUT2D eigenvalue weighted by atomic mass is 16.5. The third-order valence-electron chi connectivity index (χ3n) is 6.02. The van der Waals surface area contributed by atoms with Crippen molar-refractivity contribution in [1.82, 2.24) is 10.2 Å². The normalized spacial score (nSPS) is 35.6. The summed E-state index contributed by atoms with van der Waals surface area (Å²) in [4.78, 5) is 14.3. The molecule has 1 saturated heterocycles. The summed E-state index contributed by atoms with van der Waals surface area (Å²) in [6, 6.07) is 0.293. The molecule has 2 fully saturated rings. The Kier molecular flexibility index (Phi) is 4.45. The smallest absolute Gasteiger partial charge is 0.222 e. The van der Waals surface area contributed by atoms with E-state index in [-0.39, 0.29) is 16.9 Å². The maximum absolute atomic E-state index is 12.4. The van der Waals surface area contributed by atoms with Crippen LogP contribution in [0, 0.1) is 11.3 Å². The van der Waals surface area contributed by atoms with E-state index < -0.39 is 0 Å². The van der Waals surface area contributed by atoms with Gasteiger partial charge in [0.15, 0.2) is 0 Å². The SMILES string of the molecule is COC1(C)CC(N(C)C(=O)CCC2CCNC2)C1(C)C. The number of amides is 1. The molecule has 3 atom stereocenters. The van der Waals surface area contributed by atoms with Gasteiger partial charge in [-0.2, -0.15) is 0 Å². The summed E-state index contributed by atoms with van der Waals surface area (Å²) < 4.78 is 5.64. The second-order valence-electron chi connectivity index (χ2n) is 7.28. The second kappa shape index (κ2) is 5.64. The number of nitrogens with one attached hydrogen (secondary N) is 1. The lowest BCUT2D eigenvalue weighted by Gasteiger charge is -2.61. The Morgan fingerprint density at radius 2 is 2.10 bits per heavy atom. The van der Waals surface area contributed by atoms with Gasteiger partial charge in [-0.3, -0.25) is 4.79 Å². The average molecular weight is 282 g/mol. The van der Waals surface area contributed by atoms with E-state index >= 15 is 0 Å². The molecule has 1 aliphatic carbocycles. The number of hydrogen-bond donors (Lipinski definition) is 1. The van der Waals surface area contributed by atoms with Crippen molar-refractivity contribution in [3.63, 3.8) is 0 Å². The third kappa shape index (κ3) is 2.60. The summed E-state index contributed by atoms with van der Waals surface area (Å²) >= 11 is 0. The van der Waals surface area contributed by atoms with Crippen molar-refractivity contribution < 1.29 is 9.53 Å². The molecule has 1 amide bonds. The summed E-state index contributed by atoms with van der Waals surface area (Å²) in [6.45, 7) is 8.74. The van der Waals surface area contributed by atoms with Gasteiger partial charge in [0.1, 0.15) is 0 Å². The van der Waals surface area contributed by atoms with Crippen LogP contribution in [-0.2, 0) is 9.53 Å². The largest absolute Gasteiger partial charge is 0.378 e. The molecule has 1 heterocycles. The van der Waals surface area contributed by atoms with Crippen molar-refractivity contribution in [2.45, 2.75) is 58.1 Å². The lowest BCUT2D eigenvalue weighted by Crippen LogP contribution is -2.68. The van der Waals surface area contributed by atoms with E-state index in [0.29, 0.717) is 18.4 Å². The predicted octanol–water partition coefficient (Wildman–Crippen LogP) is 2.04. The fourth-order valence-corrected chi connectivity index (χ4v) is 3.71. The van der Waals surface area contributed by atoms with Crippen LogP contribution in [0.2, 0.25) is 0 Å². The highest BCUT2D eigenvalue weighted by Crippen LogP contribution is 2.53. The highest BCUT2D eigenvalue weighted by Gasteiger charge is 2.59. The van der Waals surface area contributed by atoms with Gasteiger partial charge in [-0.1, -0.05) is 13.8 Å². The van der Waals surface area contributed by atoms with Crippen molar-refractivity contribution in [3.05, 3.63) is 0 Å². The molecule has 2 aliphatic rings. The minimum atomic E-state index is -0.110. The number of methoxy groups -OCH3 is 1. The van der Waals surface area contributed by atoms with Crippen LogP contribution < -0.4 is 5.32 Å². The monoisotopic (exact) mass is 282 g/mol. The number of nitrogens with zero attached hydrogens (tertiary/aromatic N) is 1. The van der Waals surface area contributed by atoms with E-state index in [4.69, 9.17) is 4.74 Å². The molecule has 1 N–H and O–H groups in total. The zero-order valence-electron chi connectivity index (χ0n) is 13.7. The van der Waals surface area contributed by atoms with Gasteiger partial charge in [0, 0.05) is 32.0 Å². The molecule has 1 saturated carbocycles. The zero-order valence-corrected chi connectivity index (χ0v) is 13.7. The standard InChI is InChI=1S/C16H30N2O2/c1-15(2)13(10-16(15,3)20-5)18(4)14(19)7-6-12-8-9-17-11-12/h12-13,17H,6-11H2,1-5H3. The Labute approximate surface area is 123 Å². The van der Waals surface area contributed by atoms with Crippen LogP contribution in [0.15, 0.2) is 0 Å². The Morgan fingerprint density at radius 3 is 2.60 bits per heavy atom. The van der Waals surface area contributed by atoms with Crippen molar-refractivity contribution in [1.29, 1.82) is 0 Å². The van der Waals surface area contributed by atoms with Crippen LogP contribution in [0.5, 0.6) is 0 Å². The highest BCUT2D eigenvalue weighted by molar-refractivity contribution is 5.76. The fourth-order valence-electron chi connectivity index (χ4n) is 3.71. The number of carbonyl (C=O) groups is 1. The van der Waals surface area contributed by atoms with E-state index in [1.165, 1.54) is 6.42 Å². The van der Waals surface area contributed by atoms with E-state index in [1.54, 1.807) is 7.11 Å². The van der Waals surface area contributed by atoms with Crippen molar-refractivity contribution >= 4 is 5.91 Å². The van der Waals surface area contributed by atoms with Crippen molar-refractivity contribution in [2.24, 2.45) is 11.3 Å². The fraction of sp³-hybridized carbons (Fsp3) is 0.938. The molecule has 116 valence electrons. The van der Waals surface area contributed by atoms with Gasteiger partial charge < -0.3 is 15.0 Å². The topological polar surface area (TPSA) is 41.6 Å². The molecule has 0 bridgehead atoms. The molecule has 4 nitrogen and oxygen atoms in total. The molecule has 4 heteroatoms. The van der Waals surface area contributed by atoms with Crippen molar-refractivity contribution in [2.75, 3.05) is 27.2 Å². The molecule has 2 rings (SSSR count). The first-order valence-corrected chi connectivity index (χ1v) is 7.83. The zero-order chi connectivity index (χ0) is 15.0. The van der Waals surface area contributed by atoms with E-state index in [0.717, 1.165) is 25.9 Å². The van der Waals surface area contributed by atoms with Crippen LogP contribution in [-0.4, -0.2) is 49.7 Å². The summed E-state index contributed by atoms with van der Waals surface area (Å²) in [6.07, 6.45) is 3.85. The van der Waals surface area contributed by atoms with Gasteiger partial charge in [-0.05, 0) is 45.2 Å². The number of hydrogen-bond acceptors (Lipinski definition) is 3. The van der Waals surface area contributed by atoms with Gasteiger partial charge in [-0.25, -0.2) is 0 Å². The van der Waals surface area contributed by atoms with Crippen LogP contribution in [0.25, 0.3) is 0 Å². The molecule has 0 aromatic carbocycles. The summed E-state index contributed by atoms with van der Waals surface area (Å²) in [5.41, 5.74) is -0.0946. The van der Waals surface area contributed by atoms with E-state index in [1.807, 2.05) is 11.9 Å². The Bertz CT molecular complexity index is 363. The van der Waals surface area contributed by atoms with Crippen LogP contribution in [0.4, 0.5) is 0 Å². The maximum Gasteiger partial charge on any atom is 0.222 e. The van der Waals surface area contributed by atoms with Gasteiger partial charge in [0.2, 0.25) is 5.91 Å². The first kappa shape index (κ1) is 15.8. The minimum Gasteiger partial charge on any atom is -0.378 e. The molecular weight excluding hydrogens is 252 g/mol.